The molecule has 0 fully saturated rings. The summed E-state index contributed by atoms with van der Waals surface area (Å²) in [7, 11) is -0.0443. The van der Waals surface area contributed by atoms with Gasteiger partial charge in [-0.2, -0.15) is 0 Å². The predicted octanol–water partition coefficient (Wildman–Crippen LogP) is 3.25. The topological polar surface area (TPSA) is 84.8 Å². The van der Waals surface area contributed by atoms with Gasteiger partial charge in [-0.25, -0.2) is 9.79 Å². The number of hydrogen-bond donors (Lipinski definition) is 0. The van der Waals surface area contributed by atoms with Gasteiger partial charge < -0.3 is 26.6 Å². The van der Waals surface area contributed by atoms with Gasteiger partial charge in [-0.05, 0) is 33.6 Å². The summed E-state index contributed by atoms with van der Waals surface area (Å²) in [6.07, 6.45) is 3.11. The molecular weight excluding hydrogens is 410 g/mol. The van der Waals surface area contributed by atoms with Gasteiger partial charge in [0, 0.05) is 59.1 Å². The van der Waals surface area contributed by atoms with Gasteiger partial charge in [0.2, 0.25) is 6.08 Å². The molecule has 0 aromatic rings. The Morgan fingerprint density at radius 3 is 1.59 bits per heavy atom. The van der Waals surface area contributed by atoms with Crippen LogP contribution in [0.2, 0.25) is 12.1 Å². The molecule has 0 heterocycles. The van der Waals surface area contributed by atoms with Crippen molar-refractivity contribution in [1.82, 2.24) is 0 Å². The fraction of sp³-hybridized carbons (Fsp3) is 0.938. The molecule has 0 aromatic heterocycles. The molecule has 0 amide bonds. The molecule has 0 aliphatic rings. The maximum absolute atomic E-state index is 9.93. The van der Waals surface area contributed by atoms with Crippen molar-refractivity contribution in [1.29, 1.82) is 0 Å². The second-order valence-electron chi connectivity index (χ2n) is 5.15. The molecule has 0 saturated heterocycles. The highest BCUT2D eigenvalue weighted by Crippen LogP contribution is 2.18. The number of isocyanates is 1. The van der Waals surface area contributed by atoms with E-state index in [-0.39, 0.29) is 0 Å². The summed E-state index contributed by atoms with van der Waals surface area (Å²) in [5, 5.41) is 0. The second kappa shape index (κ2) is 19.2. The van der Waals surface area contributed by atoms with Gasteiger partial charge in [-0.3, -0.25) is 0 Å². The molecular formula is C16H36ClNO7Si2. The molecule has 0 atom stereocenters. The number of alkyl halides is 1. The van der Waals surface area contributed by atoms with E-state index in [1.54, 1.807) is 21.3 Å². The number of carbonyl (C=O) groups excluding carboxylic acids is 1. The SMILES string of the molecule is CCO[Si](CCCN=C=O)(OCC)OCC.CO[Si](CCCCl)(OC)OC. The summed E-state index contributed by atoms with van der Waals surface area (Å²) in [6.45, 7) is 7.93. The first-order valence-corrected chi connectivity index (χ1v) is 13.6. The Morgan fingerprint density at radius 1 is 0.815 bits per heavy atom. The van der Waals surface area contributed by atoms with E-state index in [9.17, 15) is 4.79 Å². The zero-order valence-electron chi connectivity index (χ0n) is 17.5. The van der Waals surface area contributed by atoms with Crippen LogP contribution >= 0.6 is 11.6 Å². The van der Waals surface area contributed by atoms with Crippen molar-refractivity contribution in [2.45, 2.75) is 45.7 Å². The quantitative estimate of drug-likeness (QED) is 0.118. The zero-order valence-corrected chi connectivity index (χ0v) is 20.3. The average molecular weight is 446 g/mol. The van der Waals surface area contributed by atoms with Crippen LogP contribution in [0.25, 0.3) is 0 Å². The highest BCUT2D eigenvalue weighted by molar-refractivity contribution is 6.61. The Bertz CT molecular complexity index is 358. The number of aliphatic imine (C=N–C) groups is 1. The molecule has 162 valence electrons. The van der Waals surface area contributed by atoms with Crippen molar-refractivity contribution in [2.75, 3.05) is 53.6 Å². The third kappa shape index (κ3) is 13.6. The summed E-state index contributed by atoms with van der Waals surface area (Å²) in [5.41, 5.74) is 0. The highest BCUT2D eigenvalue weighted by atomic mass is 35.5. The van der Waals surface area contributed by atoms with Crippen LogP contribution in [0.1, 0.15) is 33.6 Å². The molecule has 0 aliphatic heterocycles. The maximum atomic E-state index is 9.93. The third-order valence-electron chi connectivity index (χ3n) is 3.46. The van der Waals surface area contributed by atoms with Crippen molar-refractivity contribution in [3.63, 3.8) is 0 Å². The number of hydrogen-bond acceptors (Lipinski definition) is 8. The minimum Gasteiger partial charge on any atom is -0.377 e. The van der Waals surface area contributed by atoms with E-state index >= 15 is 0 Å². The average Bonchev–Trinajstić information content (AvgIpc) is 2.68. The smallest absolute Gasteiger partial charge is 0.377 e. The van der Waals surface area contributed by atoms with Crippen molar-refractivity contribution in [3.8, 4) is 0 Å². The van der Waals surface area contributed by atoms with Gasteiger partial charge in [0.05, 0.1) is 6.54 Å². The summed E-state index contributed by atoms with van der Waals surface area (Å²) in [5.74, 6) is 0.616. The molecule has 0 saturated carbocycles. The Hall–Kier alpha value is -0.136. The van der Waals surface area contributed by atoms with Gasteiger partial charge >= 0.3 is 17.6 Å². The lowest BCUT2D eigenvalue weighted by molar-refractivity contribution is 0.0710. The van der Waals surface area contributed by atoms with Crippen molar-refractivity contribution < 1.29 is 31.4 Å². The molecule has 0 N–H and O–H groups in total. The van der Waals surface area contributed by atoms with E-state index < -0.39 is 17.6 Å². The number of halogens is 1. The summed E-state index contributed by atoms with van der Waals surface area (Å²) in [4.78, 5) is 13.4. The van der Waals surface area contributed by atoms with E-state index in [2.05, 4.69) is 4.99 Å². The van der Waals surface area contributed by atoms with Gasteiger partial charge in [0.1, 0.15) is 0 Å². The van der Waals surface area contributed by atoms with Crippen LogP contribution in [0.3, 0.4) is 0 Å². The zero-order chi connectivity index (χ0) is 21.0. The van der Waals surface area contributed by atoms with Crippen LogP contribution in [0.4, 0.5) is 0 Å². The standard InChI is InChI=1S/C10H21NO4Si.C6H15ClO3Si/c1-4-13-16(14-5-2,15-6-3)9-7-8-11-10-12;1-8-11(9-2,10-3)6-4-5-7/h4-9H2,1-3H3;4-6H2,1-3H3. The van der Waals surface area contributed by atoms with Crippen molar-refractivity contribution >= 4 is 35.3 Å². The van der Waals surface area contributed by atoms with Crippen LogP contribution in [0, 0.1) is 0 Å². The monoisotopic (exact) mass is 445 g/mol. The van der Waals surface area contributed by atoms with Gasteiger partial charge in [0.15, 0.2) is 0 Å². The Labute approximate surface area is 171 Å². The van der Waals surface area contributed by atoms with Gasteiger partial charge in [-0.1, -0.05) is 0 Å². The van der Waals surface area contributed by atoms with Gasteiger partial charge in [0.25, 0.3) is 0 Å². The lowest BCUT2D eigenvalue weighted by atomic mass is 10.5. The van der Waals surface area contributed by atoms with Crippen LogP contribution < -0.4 is 0 Å². The van der Waals surface area contributed by atoms with Crippen LogP contribution in [0.15, 0.2) is 4.99 Å². The highest BCUT2D eigenvalue weighted by Gasteiger charge is 2.39. The molecule has 0 radical (unpaired) electrons. The normalized spacial score (nSPS) is 11.5. The van der Waals surface area contributed by atoms with Crippen LogP contribution in [0.5, 0.6) is 0 Å². The summed E-state index contributed by atoms with van der Waals surface area (Å²) < 4.78 is 32.5. The minimum absolute atomic E-state index is 0.450. The molecule has 0 unspecified atom stereocenters. The van der Waals surface area contributed by atoms with Gasteiger partial charge in [-0.15, -0.1) is 11.6 Å². The summed E-state index contributed by atoms with van der Waals surface area (Å²) in [6, 6.07) is 1.47. The van der Waals surface area contributed by atoms with Crippen molar-refractivity contribution in [2.24, 2.45) is 4.99 Å². The summed E-state index contributed by atoms with van der Waals surface area (Å²) >= 11 is 5.53. The first-order valence-electron chi connectivity index (χ1n) is 9.16. The number of rotatable bonds is 16. The molecule has 27 heavy (non-hydrogen) atoms. The fourth-order valence-electron chi connectivity index (χ4n) is 2.26. The minimum atomic E-state index is -2.54. The first kappa shape index (κ1) is 29.1. The fourth-order valence-corrected chi connectivity index (χ4v) is 6.93. The predicted molar refractivity (Wildman–Crippen MR) is 110 cm³/mol. The van der Waals surface area contributed by atoms with E-state index in [0.717, 1.165) is 18.9 Å². The number of nitrogens with zero attached hydrogens (tertiary/aromatic N) is 1. The molecule has 11 heteroatoms. The Balaban J connectivity index is 0. The lowest BCUT2D eigenvalue weighted by Gasteiger charge is -2.28. The van der Waals surface area contributed by atoms with E-state index in [1.165, 1.54) is 6.08 Å². The molecule has 0 rings (SSSR count). The van der Waals surface area contributed by atoms with Crippen molar-refractivity contribution in [3.05, 3.63) is 0 Å². The van der Waals surface area contributed by atoms with E-state index in [0.29, 0.717) is 38.3 Å². The second-order valence-corrected chi connectivity index (χ2v) is 11.3. The van der Waals surface area contributed by atoms with E-state index in [4.69, 9.17) is 38.2 Å². The molecule has 0 aromatic carbocycles. The lowest BCUT2D eigenvalue weighted by Crippen LogP contribution is -2.46. The molecule has 0 spiro atoms. The third-order valence-corrected chi connectivity index (χ3v) is 9.71. The first-order chi connectivity index (χ1) is 13.0. The Kier molecular flexibility index (Phi) is 20.7. The molecule has 0 bridgehead atoms. The largest absolute Gasteiger partial charge is 0.500 e. The maximum Gasteiger partial charge on any atom is 0.500 e. The molecule has 8 nitrogen and oxygen atoms in total. The van der Waals surface area contributed by atoms with Crippen LogP contribution in [-0.4, -0.2) is 77.3 Å². The molecule has 0 aliphatic carbocycles. The van der Waals surface area contributed by atoms with Crippen LogP contribution in [-0.2, 0) is 31.4 Å². The Morgan fingerprint density at radius 2 is 1.26 bits per heavy atom. The van der Waals surface area contributed by atoms with E-state index in [1.807, 2.05) is 20.8 Å².